The lowest BCUT2D eigenvalue weighted by Gasteiger charge is -2.39. The summed E-state index contributed by atoms with van der Waals surface area (Å²) in [4.78, 5) is 2.15. The predicted octanol–water partition coefficient (Wildman–Crippen LogP) is 2.74. The monoisotopic (exact) mass is 517 g/mol. The van der Waals surface area contributed by atoms with Crippen LogP contribution in [0.25, 0.3) is 5.70 Å². The molecule has 3 rings (SSSR count). The summed E-state index contributed by atoms with van der Waals surface area (Å²) < 4.78 is 0. The zero-order valence-corrected chi connectivity index (χ0v) is 21.0. The van der Waals surface area contributed by atoms with E-state index in [1.54, 1.807) is 31.4 Å². The molecule has 2 aromatic rings. The quantitative estimate of drug-likeness (QED) is 0.166. The summed E-state index contributed by atoms with van der Waals surface area (Å²) in [7, 11) is 0. The van der Waals surface area contributed by atoms with Crippen LogP contribution < -0.4 is 16.6 Å². The Kier molecular flexibility index (Phi) is 12.1. The van der Waals surface area contributed by atoms with Crippen LogP contribution in [0.1, 0.15) is 43.9 Å². The number of anilines is 1. The van der Waals surface area contributed by atoms with E-state index >= 15 is 0 Å². The molecule has 8 N–H and O–H groups in total. The maximum atomic E-state index is 10.6. The van der Waals surface area contributed by atoms with Crippen molar-refractivity contribution in [3.8, 4) is 17.6 Å². The van der Waals surface area contributed by atoms with Gasteiger partial charge in [0.05, 0.1) is 35.2 Å². The number of nitrogens with two attached hydrogens (primary N) is 2. The number of benzene rings is 2. The van der Waals surface area contributed by atoms with Crippen molar-refractivity contribution >= 4 is 24.0 Å². The molecule has 0 spiro atoms. The van der Waals surface area contributed by atoms with Crippen molar-refractivity contribution in [3.63, 3.8) is 0 Å². The first-order valence-electron chi connectivity index (χ1n) is 11.2. The third kappa shape index (κ3) is 7.78. The Labute approximate surface area is 219 Å². The highest BCUT2D eigenvalue weighted by molar-refractivity contribution is 7.79. The summed E-state index contributed by atoms with van der Waals surface area (Å²) in [6.07, 6.45) is 4.87. The second-order valence-corrected chi connectivity index (χ2v) is 8.74. The molecule has 1 unspecified atom stereocenters. The van der Waals surface area contributed by atoms with E-state index < -0.39 is 5.60 Å². The van der Waals surface area contributed by atoms with Crippen molar-refractivity contribution in [1.29, 1.82) is 5.26 Å². The molecular weight excluding hydrogens is 478 g/mol. The third-order valence-corrected chi connectivity index (χ3v) is 6.18. The maximum Gasteiger partial charge on any atom is 0.141 e. The summed E-state index contributed by atoms with van der Waals surface area (Å²) in [5.41, 5.74) is 7.17. The van der Waals surface area contributed by atoms with Gasteiger partial charge in [-0.1, -0.05) is 19.6 Å². The van der Waals surface area contributed by atoms with E-state index in [0.717, 1.165) is 30.0 Å². The van der Waals surface area contributed by atoms with E-state index in [0.29, 0.717) is 24.2 Å². The minimum Gasteiger partial charge on any atom is -0.508 e. The molecule has 0 aromatic heterocycles. The van der Waals surface area contributed by atoms with Gasteiger partial charge >= 0.3 is 0 Å². The number of likely N-dealkylation sites (tertiary alicyclic amines) is 1. The van der Waals surface area contributed by atoms with Gasteiger partial charge in [-0.15, -0.1) is 0 Å². The first-order valence-corrected chi connectivity index (χ1v) is 12.1. The van der Waals surface area contributed by atoms with Crippen LogP contribution in [0.2, 0.25) is 0 Å². The van der Waals surface area contributed by atoms with Crippen LogP contribution in [0.15, 0.2) is 42.6 Å². The summed E-state index contributed by atoms with van der Waals surface area (Å²) in [6, 6.07) is 11.4. The first kappa shape index (κ1) is 31.1. The number of phenolic OH excluding ortho intramolecular Hbond substituents is 2. The number of hydrazine groups is 1. The summed E-state index contributed by atoms with van der Waals surface area (Å²) >= 11 is 3.53. The summed E-state index contributed by atoms with van der Waals surface area (Å²) in [5, 5.41) is 50.6. The van der Waals surface area contributed by atoms with E-state index in [1.807, 2.05) is 6.07 Å². The van der Waals surface area contributed by atoms with Crippen LogP contribution in [0, 0.1) is 17.2 Å². The number of hydrogen-bond acceptors (Lipinski definition) is 10. The largest absolute Gasteiger partial charge is 0.508 e. The molecule has 1 heterocycles. The minimum absolute atomic E-state index is 0. The van der Waals surface area contributed by atoms with Crippen LogP contribution in [0.5, 0.6) is 11.5 Å². The fourth-order valence-corrected chi connectivity index (χ4v) is 4.06. The molecule has 0 amide bonds. The Hall–Kier alpha value is -2.94. The molecule has 10 heteroatoms. The van der Waals surface area contributed by atoms with Crippen molar-refractivity contribution in [2.45, 2.75) is 39.3 Å². The molecule has 1 aliphatic heterocycles. The number of hydrogen-bond donors (Lipinski definition) is 7. The van der Waals surface area contributed by atoms with Crippen molar-refractivity contribution in [3.05, 3.63) is 59.3 Å². The molecule has 36 heavy (non-hydrogen) atoms. The Bertz CT molecular complexity index is 1070. The topological polar surface area (TPSA) is 163 Å². The number of phenols is 2. The Morgan fingerprint density at radius 2 is 1.94 bits per heavy atom. The average Bonchev–Trinajstić information content (AvgIpc) is 2.86. The third-order valence-electron chi connectivity index (χ3n) is 6.18. The fourth-order valence-electron chi connectivity index (χ4n) is 4.06. The number of thiol groups is 1. The van der Waals surface area contributed by atoms with Gasteiger partial charge in [-0.05, 0) is 56.8 Å². The average molecular weight is 518 g/mol. The van der Waals surface area contributed by atoms with Gasteiger partial charge in [0.25, 0.3) is 0 Å². The molecule has 0 aliphatic carbocycles. The molecule has 1 aliphatic rings. The number of rotatable bonds is 7. The zero-order chi connectivity index (χ0) is 26.2. The highest BCUT2D eigenvalue weighted by atomic mass is 32.1. The van der Waals surface area contributed by atoms with Gasteiger partial charge in [0, 0.05) is 36.3 Å². The van der Waals surface area contributed by atoms with Crippen LogP contribution >= 0.6 is 12.6 Å². The number of aromatic hydroxyl groups is 2. The highest BCUT2D eigenvalue weighted by Gasteiger charge is 2.34. The van der Waals surface area contributed by atoms with Crippen LogP contribution in [-0.4, -0.2) is 56.9 Å². The van der Waals surface area contributed by atoms with Crippen molar-refractivity contribution in [2.24, 2.45) is 17.5 Å². The van der Waals surface area contributed by atoms with Crippen LogP contribution in [0.4, 0.5) is 5.69 Å². The first-order chi connectivity index (χ1) is 16.6. The number of nitriles is 1. The van der Waals surface area contributed by atoms with E-state index in [9.17, 15) is 20.4 Å². The van der Waals surface area contributed by atoms with Crippen molar-refractivity contribution in [1.82, 2.24) is 4.90 Å². The molecule has 0 bridgehead atoms. The van der Waals surface area contributed by atoms with Gasteiger partial charge in [-0.2, -0.15) is 17.9 Å². The Morgan fingerprint density at radius 3 is 2.53 bits per heavy atom. The lowest BCUT2D eigenvalue weighted by atomic mass is 9.83. The molecule has 0 radical (unpaired) electrons. The van der Waals surface area contributed by atoms with Gasteiger partial charge in [-0.3, -0.25) is 9.91 Å². The second kappa shape index (κ2) is 14.0. The van der Waals surface area contributed by atoms with E-state index in [-0.39, 0.29) is 42.8 Å². The summed E-state index contributed by atoms with van der Waals surface area (Å²) in [5.74, 6) is 5.90. The predicted molar refractivity (Wildman–Crippen MR) is 147 cm³/mol. The molecule has 2 aromatic carbocycles. The van der Waals surface area contributed by atoms with Gasteiger partial charge in [-0.25, -0.2) is 5.84 Å². The fraction of sp³-hybridized carbons (Fsp3) is 0.423. The molecular formula is C26H39N5O4S. The van der Waals surface area contributed by atoms with E-state index in [1.165, 1.54) is 24.4 Å². The standard InChI is InChI=1S/C24H31N5O4.CH4S.CH4/c1-24(33,15-30)19-3-2-8-28(13-19)12-18-6-5-17(10-22(18)31)20(26)14-29(27)21-7-4-16(11-25)9-23(21)32;1-2;/h4-7,9-10,14,19,30-33H,2-3,8,12-13,15,26-27H2,1H3;2H,1H3;1H4/b20-14-;;/t19?,24-;;/m1../s1. The SMILES string of the molecule is C.CS.C[C@@](O)(CO)C1CCCN(Cc2ccc(/C(N)=C/N(N)c3ccc(C#N)cc3O)cc2O)C1. The van der Waals surface area contributed by atoms with Crippen molar-refractivity contribution in [2.75, 3.05) is 31.0 Å². The van der Waals surface area contributed by atoms with E-state index in [4.69, 9.17) is 16.8 Å². The smallest absolute Gasteiger partial charge is 0.141 e. The Balaban J connectivity index is 0.00000211. The zero-order valence-electron chi connectivity index (χ0n) is 20.1. The Morgan fingerprint density at radius 1 is 1.25 bits per heavy atom. The maximum absolute atomic E-state index is 10.6. The normalized spacial score (nSPS) is 17.6. The number of aliphatic hydroxyl groups is 2. The van der Waals surface area contributed by atoms with Crippen LogP contribution in [-0.2, 0) is 6.54 Å². The second-order valence-electron chi connectivity index (χ2n) is 8.74. The van der Waals surface area contributed by atoms with Gasteiger partial charge in [0.2, 0.25) is 0 Å². The summed E-state index contributed by atoms with van der Waals surface area (Å²) in [6.45, 7) is 3.36. The molecule has 198 valence electrons. The molecule has 1 fully saturated rings. The molecule has 1 saturated heterocycles. The molecule has 0 saturated carbocycles. The number of piperidine rings is 1. The lowest BCUT2D eigenvalue weighted by molar-refractivity contribution is -0.0697. The van der Waals surface area contributed by atoms with Gasteiger partial charge < -0.3 is 26.2 Å². The molecule has 2 atom stereocenters. The van der Waals surface area contributed by atoms with E-state index in [2.05, 4.69) is 17.5 Å². The number of aliphatic hydroxyl groups excluding tert-OH is 1. The van der Waals surface area contributed by atoms with Crippen LogP contribution in [0.3, 0.4) is 0 Å². The minimum atomic E-state index is -1.12. The van der Waals surface area contributed by atoms with Crippen molar-refractivity contribution < 1.29 is 20.4 Å². The van der Waals surface area contributed by atoms with Gasteiger partial charge in [0.1, 0.15) is 11.5 Å². The highest BCUT2D eigenvalue weighted by Crippen LogP contribution is 2.31. The van der Waals surface area contributed by atoms with Gasteiger partial charge in [0.15, 0.2) is 0 Å². The molecule has 9 nitrogen and oxygen atoms in total. The number of nitrogens with zero attached hydrogens (tertiary/aromatic N) is 3. The lowest BCUT2D eigenvalue weighted by Crippen LogP contribution is -2.47.